The maximum atomic E-state index is 11.2. The fourth-order valence-electron chi connectivity index (χ4n) is 0.752. The second kappa shape index (κ2) is 6.72. The molecule has 0 aromatic rings. The molecule has 90 valence electrons. The number of methoxy groups -OCH3 is 2. The van der Waals surface area contributed by atoms with Crippen LogP contribution in [0.2, 0.25) is 0 Å². The summed E-state index contributed by atoms with van der Waals surface area (Å²) in [6.45, 7) is -0.0467. The lowest BCUT2D eigenvalue weighted by molar-refractivity contribution is -0.136. The summed E-state index contributed by atoms with van der Waals surface area (Å²) >= 11 is 0. The highest BCUT2D eigenvalue weighted by atomic mass is 32.2. The summed E-state index contributed by atoms with van der Waals surface area (Å²) in [5.74, 6) is -1.61. The SMILES string of the molecule is COC(CNS(=O)(=O)CCC(=O)O)OC. The van der Waals surface area contributed by atoms with Gasteiger partial charge in [-0.2, -0.15) is 0 Å². The van der Waals surface area contributed by atoms with Crippen LogP contribution in [0.25, 0.3) is 0 Å². The van der Waals surface area contributed by atoms with Gasteiger partial charge in [-0.1, -0.05) is 0 Å². The van der Waals surface area contributed by atoms with Crippen LogP contribution in [-0.2, 0) is 24.3 Å². The van der Waals surface area contributed by atoms with E-state index in [1.165, 1.54) is 14.2 Å². The van der Waals surface area contributed by atoms with E-state index in [-0.39, 0.29) is 6.54 Å². The highest BCUT2D eigenvalue weighted by Crippen LogP contribution is 1.93. The molecule has 2 N–H and O–H groups in total. The second-order valence-electron chi connectivity index (χ2n) is 2.71. The summed E-state index contributed by atoms with van der Waals surface area (Å²) in [6, 6.07) is 0. The Morgan fingerprint density at radius 2 is 1.93 bits per heavy atom. The Morgan fingerprint density at radius 3 is 2.33 bits per heavy atom. The first-order valence-corrected chi connectivity index (χ1v) is 5.81. The van der Waals surface area contributed by atoms with Crippen LogP contribution >= 0.6 is 0 Å². The van der Waals surface area contributed by atoms with Crippen molar-refractivity contribution in [1.29, 1.82) is 0 Å². The Morgan fingerprint density at radius 1 is 1.40 bits per heavy atom. The van der Waals surface area contributed by atoms with Crippen molar-refractivity contribution < 1.29 is 27.8 Å². The number of aliphatic carboxylic acids is 1. The van der Waals surface area contributed by atoms with Gasteiger partial charge >= 0.3 is 5.97 Å². The molecule has 0 aromatic carbocycles. The van der Waals surface area contributed by atoms with Gasteiger partial charge in [-0.25, -0.2) is 13.1 Å². The summed E-state index contributed by atoms with van der Waals surface area (Å²) < 4.78 is 34.1. The zero-order chi connectivity index (χ0) is 11.9. The smallest absolute Gasteiger partial charge is 0.304 e. The standard InChI is InChI=1S/C7H15NO6S/c1-13-7(14-2)5-8-15(11,12)4-3-6(9)10/h7-8H,3-5H2,1-2H3,(H,9,10). The molecule has 0 radical (unpaired) electrons. The monoisotopic (exact) mass is 241 g/mol. The van der Waals surface area contributed by atoms with E-state index in [0.29, 0.717) is 0 Å². The van der Waals surface area contributed by atoms with Crippen LogP contribution in [0.1, 0.15) is 6.42 Å². The van der Waals surface area contributed by atoms with E-state index in [0.717, 1.165) is 0 Å². The molecule has 0 aromatic heterocycles. The quantitative estimate of drug-likeness (QED) is 0.528. The number of hydrogen-bond acceptors (Lipinski definition) is 5. The number of carboxylic acids is 1. The lowest BCUT2D eigenvalue weighted by Gasteiger charge is -2.13. The molecule has 0 bridgehead atoms. The van der Waals surface area contributed by atoms with Crippen LogP contribution < -0.4 is 4.72 Å². The van der Waals surface area contributed by atoms with E-state index in [1.54, 1.807) is 0 Å². The van der Waals surface area contributed by atoms with Gasteiger partial charge < -0.3 is 14.6 Å². The van der Waals surface area contributed by atoms with Crippen molar-refractivity contribution in [3.63, 3.8) is 0 Å². The van der Waals surface area contributed by atoms with E-state index in [4.69, 9.17) is 14.6 Å². The first kappa shape index (κ1) is 14.3. The van der Waals surface area contributed by atoms with Crippen molar-refractivity contribution in [3.05, 3.63) is 0 Å². The van der Waals surface area contributed by atoms with Gasteiger partial charge in [0.2, 0.25) is 10.0 Å². The van der Waals surface area contributed by atoms with E-state index in [1.807, 2.05) is 0 Å². The Labute approximate surface area is 88.4 Å². The predicted octanol–water partition coefficient (Wildman–Crippen LogP) is -1.00. The first-order valence-electron chi connectivity index (χ1n) is 4.16. The topological polar surface area (TPSA) is 102 Å². The van der Waals surface area contributed by atoms with Gasteiger partial charge in [0.25, 0.3) is 0 Å². The molecule has 0 amide bonds. The number of carboxylic acid groups (broad SMARTS) is 1. The van der Waals surface area contributed by atoms with Crippen molar-refractivity contribution in [3.8, 4) is 0 Å². The minimum atomic E-state index is -3.58. The van der Waals surface area contributed by atoms with Gasteiger partial charge in [0.05, 0.1) is 18.7 Å². The van der Waals surface area contributed by atoms with Crippen LogP contribution in [0, 0.1) is 0 Å². The third-order valence-electron chi connectivity index (χ3n) is 1.58. The number of carbonyl (C=O) groups is 1. The molecular weight excluding hydrogens is 226 g/mol. The molecule has 0 heterocycles. The predicted molar refractivity (Wildman–Crippen MR) is 51.8 cm³/mol. The van der Waals surface area contributed by atoms with Gasteiger partial charge in [0, 0.05) is 14.2 Å². The van der Waals surface area contributed by atoms with Crippen LogP contribution in [0.3, 0.4) is 0 Å². The van der Waals surface area contributed by atoms with Crippen LogP contribution in [0.5, 0.6) is 0 Å². The lowest BCUT2D eigenvalue weighted by atomic mass is 10.5. The fourth-order valence-corrected chi connectivity index (χ4v) is 1.73. The lowest BCUT2D eigenvalue weighted by Crippen LogP contribution is -2.35. The first-order chi connectivity index (χ1) is 6.91. The summed E-state index contributed by atoms with van der Waals surface area (Å²) in [5, 5.41) is 8.30. The molecule has 0 spiro atoms. The molecule has 0 fully saturated rings. The van der Waals surface area contributed by atoms with E-state index in [9.17, 15) is 13.2 Å². The van der Waals surface area contributed by atoms with Gasteiger partial charge in [-0.05, 0) is 0 Å². The Balaban J connectivity index is 3.98. The summed E-state index contributed by atoms with van der Waals surface area (Å²) in [4.78, 5) is 10.2. The number of ether oxygens (including phenoxy) is 2. The maximum absolute atomic E-state index is 11.2. The highest BCUT2D eigenvalue weighted by molar-refractivity contribution is 7.89. The molecule has 15 heavy (non-hydrogen) atoms. The fraction of sp³-hybridized carbons (Fsp3) is 0.857. The van der Waals surface area contributed by atoms with E-state index in [2.05, 4.69) is 4.72 Å². The molecule has 0 rings (SSSR count). The van der Waals surface area contributed by atoms with Crippen molar-refractivity contribution >= 4 is 16.0 Å². The zero-order valence-corrected chi connectivity index (χ0v) is 9.41. The molecule has 0 aliphatic heterocycles. The molecule has 0 aliphatic carbocycles. The Bertz CT molecular complexity index is 284. The highest BCUT2D eigenvalue weighted by Gasteiger charge is 2.15. The third-order valence-corrected chi connectivity index (χ3v) is 2.93. The third kappa shape index (κ3) is 7.25. The Hall–Kier alpha value is -0.700. The minimum Gasteiger partial charge on any atom is -0.481 e. The van der Waals surface area contributed by atoms with Gasteiger partial charge in [-0.15, -0.1) is 0 Å². The number of hydrogen-bond donors (Lipinski definition) is 2. The van der Waals surface area contributed by atoms with E-state index < -0.39 is 34.5 Å². The van der Waals surface area contributed by atoms with Gasteiger partial charge in [0.15, 0.2) is 6.29 Å². The molecule has 0 aliphatic rings. The molecule has 7 nitrogen and oxygen atoms in total. The summed E-state index contributed by atoms with van der Waals surface area (Å²) in [6.07, 6.45) is -1.11. The van der Waals surface area contributed by atoms with Crippen molar-refractivity contribution in [2.75, 3.05) is 26.5 Å². The van der Waals surface area contributed by atoms with Crippen LogP contribution in [-0.4, -0.2) is 52.3 Å². The number of sulfonamides is 1. The van der Waals surface area contributed by atoms with Crippen molar-refractivity contribution in [2.45, 2.75) is 12.7 Å². The van der Waals surface area contributed by atoms with E-state index >= 15 is 0 Å². The Kier molecular flexibility index (Phi) is 6.41. The number of nitrogens with one attached hydrogen (secondary N) is 1. The average molecular weight is 241 g/mol. The van der Waals surface area contributed by atoms with Crippen LogP contribution in [0.4, 0.5) is 0 Å². The summed E-state index contributed by atoms with van der Waals surface area (Å²) in [5.41, 5.74) is 0. The van der Waals surface area contributed by atoms with Crippen molar-refractivity contribution in [2.24, 2.45) is 0 Å². The molecule has 8 heteroatoms. The largest absolute Gasteiger partial charge is 0.481 e. The van der Waals surface area contributed by atoms with Gasteiger partial charge in [0.1, 0.15) is 0 Å². The molecule has 0 saturated carbocycles. The molecular formula is C7H15NO6S. The van der Waals surface area contributed by atoms with Gasteiger partial charge in [-0.3, -0.25) is 4.79 Å². The normalized spacial score (nSPS) is 11.9. The van der Waals surface area contributed by atoms with Crippen molar-refractivity contribution in [1.82, 2.24) is 4.72 Å². The average Bonchev–Trinajstić information content (AvgIpc) is 2.17. The molecule has 0 saturated heterocycles. The minimum absolute atomic E-state index is 0.0467. The molecule has 0 unspecified atom stereocenters. The summed E-state index contributed by atoms with van der Waals surface area (Å²) in [7, 11) is -0.833. The zero-order valence-electron chi connectivity index (χ0n) is 8.60. The maximum Gasteiger partial charge on any atom is 0.304 e. The van der Waals surface area contributed by atoms with Crippen LogP contribution in [0.15, 0.2) is 0 Å². The molecule has 0 atom stereocenters. The number of rotatable bonds is 8. The second-order valence-corrected chi connectivity index (χ2v) is 4.64.